The second kappa shape index (κ2) is 3.86. The lowest BCUT2D eigenvalue weighted by molar-refractivity contribution is 0.120. The maximum absolute atomic E-state index is 11.8. The van der Waals surface area contributed by atoms with E-state index in [0.717, 1.165) is 5.82 Å². The van der Waals surface area contributed by atoms with Crippen LogP contribution >= 0.6 is 11.6 Å². The molecule has 1 unspecified atom stereocenters. The molecule has 1 aromatic rings. The van der Waals surface area contributed by atoms with Gasteiger partial charge in [0.15, 0.2) is 0 Å². The van der Waals surface area contributed by atoms with Crippen LogP contribution in [0.15, 0.2) is 10.9 Å². The molecule has 1 atom stereocenters. The molecule has 2 aliphatic rings. The molecule has 0 radical (unpaired) electrons. The predicted molar refractivity (Wildman–Crippen MR) is 68.9 cm³/mol. The fraction of sp³-hybridized carbons (Fsp3) is 0.545. The van der Waals surface area contributed by atoms with Crippen LogP contribution < -0.4 is 10.6 Å². The maximum Gasteiger partial charge on any atom is 0.407 e. The van der Waals surface area contributed by atoms with Crippen molar-refractivity contribution in [1.29, 1.82) is 0 Å². The molecule has 1 saturated heterocycles. The molecule has 3 heterocycles. The Labute approximate surface area is 114 Å². The van der Waals surface area contributed by atoms with E-state index in [2.05, 4.69) is 4.98 Å². The summed E-state index contributed by atoms with van der Waals surface area (Å²) in [4.78, 5) is 30.1. The number of anilines is 1. The third-order valence-electron chi connectivity index (χ3n) is 3.78. The first-order valence-electron chi connectivity index (χ1n) is 5.94. The summed E-state index contributed by atoms with van der Waals surface area (Å²) in [5, 5.41) is 9.26. The van der Waals surface area contributed by atoms with Crippen LogP contribution in [0.4, 0.5) is 10.6 Å². The summed E-state index contributed by atoms with van der Waals surface area (Å²) in [5.74, 6) is 0.720. The van der Waals surface area contributed by atoms with E-state index in [9.17, 15) is 9.59 Å². The molecule has 1 amide bonds. The zero-order valence-electron chi connectivity index (χ0n) is 10.3. The number of rotatable bonds is 0. The van der Waals surface area contributed by atoms with Crippen LogP contribution in [0.2, 0.25) is 5.15 Å². The second-order valence-corrected chi connectivity index (χ2v) is 5.55. The zero-order chi connectivity index (χ0) is 13.8. The highest BCUT2D eigenvalue weighted by molar-refractivity contribution is 6.29. The Morgan fingerprint density at radius 2 is 2.21 bits per heavy atom. The van der Waals surface area contributed by atoms with Gasteiger partial charge in [0.05, 0.1) is 12.1 Å². The minimum atomic E-state index is -0.930. The number of nitrogens with zero attached hydrogens (tertiary/aromatic N) is 4. The number of piperazine rings is 1. The van der Waals surface area contributed by atoms with Gasteiger partial charge in [-0.2, -0.15) is 4.98 Å². The highest BCUT2D eigenvalue weighted by Crippen LogP contribution is 2.35. The molecule has 8 heteroatoms. The predicted octanol–water partition coefficient (Wildman–Crippen LogP) is 0.469. The number of carboxylic acid groups (broad SMARTS) is 1. The lowest BCUT2D eigenvalue weighted by Gasteiger charge is -2.44. The van der Waals surface area contributed by atoms with Crippen LogP contribution in [0.3, 0.4) is 0 Å². The molecule has 0 spiro atoms. The monoisotopic (exact) mass is 284 g/mol. The normalized spacial score (nSPS) is 25.2. The van der Waals surface area contributed by atoms with Crippen LogP contribution in [0, 0.1) is 0 Å². The van der Waals surface area contributed by atoms with Gasteiger partial charge in [-0.15, -0.1) is 0 Å². The lowest BCUT2D eigenvalue weighted by Crippen LogP contribution is -2.60. The van der Waals surface area contributed by atoms with E-state index in [1.54, 1.807) is 10.6 Å². The molecule has 19 heavy (non-hydrogen) atoms. The minimum absolute atomic E-state index is 0.168. The van der Waals surface area contributed by atoms with Crippen molar-refractivity contribution in [2.45, 2.75) is 19.0 Å². The van der Waals surface area contributed by atoms with Crippen LogP contribution in [0.5, 0.6) is 0 Å². The number of hydrogen-bond acceptors (Lipinski definition) is 4. The van der Waals surface area contributed by atoms with Crippen molar-refractivity contribution in [3.05, 3.63) is 21.7 Å². The van der Waals surface area contributed by atoms with Gasteiger partial charge in [0.1, 0.15) is 11.0 Å². The maximum atomic E-state index is 11.8. The summed E-state index contributed by atoms with van der Waals surface area (Å²) >= 11 is 5.83. The van der Waals surface area contributed by atoms with Gasteiger partial charge in [-0.25, -0.2) is 9.59 Å². The van der Waals surface area contributed by atoms with E-state index in [-0.39, 0.29) is 10.8 Å². The van der Waals surface area contributed by atoms with Crippen molar-refractivity contribution in [3.8, 4) is 0 Å². The van der Waals surface area contributed by atoms with Gasteiger partial charge in [0.2, 0.25) is 0 Å². The highest BCUT2D eigenvalue weighted by atomic mass is 35.5. The van der Waals surface area contributed by atoms with E-state index in [1.165, 1.54) is 4.90 Å². The summed E-state index contributed by atoms with van der Waals surface area (Å²) in [6.07, 6.45) is -0.930. The Morgan fingerprint density at radius 3 is 2.89 bits per heavy atom. The number of halogens is 1. The second-order valence-electron chi connectivity index (χ2n) is 5.16. The summed E-state index contributed by atoms with van der Waals surface area (Å²) in [6, 6.07) is 1.66. The average Bonchev–Trinajstić information content (AvgIpc) is 2.61. The van der Waals surface area contributed by atoms with Crippen molar-refractivity contribution in [2.75, 3.05) is 24.5 Å². The SMILES string of the molecule is CC12CN(C(=O)O)CCN1c1cc(Cl)nc(=O)n1C2. The van der Waals surface area contributed by atoms with E-state index in [1.807, 2.05) is 11.8 Å². The molecular formula is C11H13ClN4O3. The number of hydrogen-bond donors (Lipinski definition) is 1. The smallest absolute Gasteiger partial charge is 0.407 e. The molecule has 2 aliphatic heterocycles. The zero-order valence-corrected chi connectivity index (χ0v) is 11.1. The number of aromatic nitrogens is 2. The standard InChI is InChI=1S/C11H13ClN4O3/c1-11-5-14(10(18)19)2-3-16(11)8-4-7(12)13-9(17)15(8)6-11/h4H,2-3,5-6H2,1H3,(H,18,19). The van der Waals surface area contributed by atoms with Crippen molar-refractivity contribution in [1.82, 2.24) is 14.5 Å². The van der Waals surface area contributed by atoms with E-state index < -0.39 is 11.6 Å². The molecule has 1 aromatic heterocycles. The van der Waals surface area contributed by atoms with E-state index in [0.29, 0.717) is 26.2 Å². The van der Waals surface area contributed by atoms with E-state index in [4.69, 9.17) is 16.7 Å². The Hall–Kier alpha value is -1.76. The topological polar surface area (TPSA) is 78.7 Å². The largest absolute Gasteiger partial charge is 0.465 e. The van der Waals surface area contributed by atoms with Crippen molar-refractivity contribution >= 4 is 23.5 Å². The van der Waals surface area contributed by atoms with Crippen molar-refractivity contribution in [3.63, 3.8) is 0 Å². The molecule has 0 bridgehead atoms. The van der Waals surface area contributed by atoms with Gasteiger partial charge in [0.25, 0.3) is 0 Å². The Bertz CT molecular complexity index is 616. The first-order valence-corrected chi connectivity index (χ1v) is 6.31. The molecule has 102 valence electrons. The first-order chi connectivity index (χ1) is 8.90. The number of carbonyl (C=O) groups is 1. The van der Waals surface area contributed by atoms with Crippen LogP contribution in [-0.4, -0.2) is 50.8 Å². The minimum Gasteiger partial charge on any atom is -0.465 e. The van der Waals surface area contributed by atoms with Crippen LogP contribution in [-0.2, 0) is 6.54 Å². The van der Waals surface area contributed by atoms with Crippen LogP contribution in [0.1, 0.15) is 6.92 Å². The Kier molecular flexibility index (Phi) is 2.50. The van der Waals surface area contributed by atoms with Crippen LogP contribution in [0.25, 0.3) is 0 Å². The van der Waals surface area contributed by atoms with Gasteiger partial charge in [-0.05, 0) is 6.92 Å². The van der Waals surface area contributed by atoms with E-state index >= 15 is 0 Å². The van der Waals surface area contributed by atoms with Gasteiger partial charge in [-0.1, -0.05) is 11.6 Å². The molecule has 0 aromatic carbocycles. The summed E-state index contributed by atoms with van der Waals surface area (Å²) < 4.78 is 1.55. The summed E-state index contributed by atoms with van der Waals surface area (Å²) in [5.41, 5.74) is -0.810. The Morgan fingerprint density at radius 1 is 1.47 bits per heavy atom. The molecule has 1 fully saturated rings. The third kappa shape index (κ3) is 1.76. The lowest BCUT2D eigenvalue weighted by atomic mass is 9.98. The fourth-order valence-electron chi connectivity index (χ4n) is 2.94. The van der Waals surface area contributed by atoms with Gasteiger partial charge in [-0.3, -0.25) is 4.57 Å². The summed E-state index contributed by atoms with van der Waals surface area (Å²) in [6.45, 7) is 3.69. The van der Waals surface area contributed by atoms with Gasteiger partial charge < -0.3 is 14.9 Å². The average molecular weight is 285 g/mol. The molecule has 3 rings (SSSR count). The fourth-order valence-corrected chi connectivity index (χ4v) is 3.11. The van der Waals surface area contributed by atoms with Crippen molar-refractivity contribution in [2.24, 2.45) is 0 Å². The Balaban J connectivity index is 2.03. The molecule has 1 N–H and O–H groups in total. The molecule has 0 aliphatic carbocycles. The third-order valence-corrected chi connectivity index (χ3v) is 3.97. The van der Waals surface area contributed by atoms with Gasteiger partial charge >= 0.3 is 11.8 Å². The van der Waals surface area contributed by atoms with Crippen molar-refractivity contribution < 1.29 is 9.90 Å². The van der Waals surface area contributed by atoms with Gasteiger partial charge in [0, 0.05) is 25.7 Å². The molecule has 0 saturated carbocycles. The molecular weight excluding hydrogens is 272 g/mol. The summed E-state index contributed by atoms with van der Waals surface area (Å²) in [7, 11) is 0. The highest BCUT2D eigenvalue weighted by Gasteiger charge is 2.45. The molecule has 7 nitrogen and oxygen atoms in total. The first kappa shape index (κ1) is 12.3. The number of fused-ring (bicyclic) bond motifs is 3. The number of amides is 1. The quantitative estimate of drug-likeness (QED) is 0.701.